The Morgan fingerprint density at radius 1 is 1.29 bits per heavy atom. The van der Waals surface area contributed by atoms with Gasteiger partial charge in [0, 0.05) is 25.8 Å². The Balaban J connectivity index is 2.82. The van der Waals surface area contributed by atoms with Crippen LogP contribution in [0, 0.1) is 5.82 Å². The van der Waals surface area contributed by atoms with Crippen molar-refractivity contribution in [3.05, 3.63) is 34.1 Å². The third-order valence-electron chi connectivity index (χ3n) is 2.83. The van der Waals surface area contributed by atoms with Gasteiger partial charge < -0.3 is 14.4 Å². The lowest BCUT2D eigenvalue weighted by Crippen LogP contribution is -2.35. The van der Waals surface area contributed by atoms with E-state index in [1.165, 1.54) is 37.3 Å². The van der Waals surface area contributed by atoms with Gasteiger partial charge in [-0.15, -0.1) is 0 Å². The summed E-state index contributed by atoms with van der Waals surface area (Å²) in [6.07, 6.45) is 0.0916. The first-order valence-corrected chi connectivity index (χ1v) is 7.09. The maximum Gasteiger partial charge on any atom is 0.307 e. The minimum absolute atomic E-state index is 0.0916. The minimum Gasteiger partial charge on any atom is -0.469 e. The summed E-state index contributed by atoms with van der Waals surface area (Å²) < 4.78 is 22.9. The topological polar surface area (TPSA) is 55.8 Å². The molecule has 21 heavy (non-hydrogen) atoms. The monoisotopic (exact) mass is 361 g/mol. The number of rotatable bonds is 7. The average Bonchev–Trinajstić information content (AvgIpc) is 2.49. The summed E-state index contributed by atoms with van der Waals surface area (Å²) in [6.45, 7) is 0.889. The van der Waals surface area contributed by atoms with Crippen LogP contribution >= 0.6 is 15.9 Å². The molecule has 0 unspecified atom stereocenters. The zero-order valence-electron chi connectivity index (χ0n) is 11.9. The van der Waals surface area contributed by atoms with Crippen molar-refractivity contribution in [2.24, 2.45) is 0 Å². The molecule has 0 N–H and O–H groups in total. The maximum atomic E-state index is 13.2. The highest BCUT2D eigenvalue weighted by molar-refractivity contribution is 9.10. The maximum absolute atomic E-state index is 13.2. The number of halogens is 2. The number of hydrogen-bond donors (Lipinski definition) is 0. The fraction of sp³-hybridized carbons (Fsp3) is 0.429. The second kappa shape index (κ2) is 8.74. The molecule has 0 aliphatic heterocycles. The molecule has 0 fully saturated rings. The van der Waals surface area contributed by atoms with Crippen molar-refractivity contribution in [1.82, 2.24) is 4.90 Å². The van der Waals surface area contributed by atoms with E-state index in [1.807, 2.05) is 0 Å². The smallest absolute Gasteiger partial charge is 0.307 e. The van der Waals surface area contributed by atoms with Crippen molar-refractivity contribution in [3.8, 4) is 0 Å². The van der Waals surface area contributed by atoms with E-state index in [2.05, 4.69) is 20.7 Å². The van der Waals surface area contributed by atoms with Gasteiger partial charge in [0.2, 0.25) is 0 Å². The predicted octanol–water partition coefficient (Wildman–Crippen LogP) is 2.24. The van der Waals surface area contributed by atoms with Gasteiger partial charge >= 0.3 is 5.97 Å². The summed E-state index contributed by atoms with van der Waals surface area (Å²) in [5.74, 6) is -1.13. The van der Waals surface area contributed by atoms with Crippen molar-refractivity contribution < 1.29 is 23.5 Å². The Hall–Kier alpha value is -1.47. The van der Waals surface area contributed by atoms with Gasteiger partial charge in [0.25, 0.3) is 5.91 Å². The van der Waals surface area contributed by atoms with Crippen molar-refractivity contribution in [3.63, 3.8) is 0 Å². The summed E-state index contributed by atoms with van der Waals surface area (Å²) in [6, 6.07) is 4.03. The molecule has 0 spiro atoms. The number of benzene rings is 1. The summed E-state index contributed by atoms with van der Waals surface area (Å²) in [4.78, 5) is 25.1. The number of hydrogen-bond acceptors (Lipinski definition) is 4. The Morgan fingerprint density at radius 2 is 2.00 bits per heavy atom. The predicted molar refractivity (Wildman–Crippen MR) is 78.5 cm³/mol. The van der Waals surface area contributed by atoms with Gasteiger partial charge in [0.1, 0.15) is 5.82 Å². The third kappa shape index (κ3) is 5.43. The van der Waals surface area contributed by atoms with E-state index in [-0.39, 0.29) is 23.3 Å². The number of carbonyl (C=O) groups excluding carboxylic acids is 2. The molecule has 0 aliphatic carbocycles. The van der Waals surface area contributed by atoms with Crippen LogP contribution in [0.5, 0.6) is 0 Å². The molecule has 0 aliphatic rings. The number of amides is 1. The van der Waals surface area contributed by atoms with Crippen molar-refractivity contribution in [2.45, 2.75) is 6.42 Å². The summed E-state index contributed by atoms with van der Waals surface area (Å²) in [7, 11) is 2.82. The first kappa shape index (κ1) is 17.6. The molecule has 0 bridgehead atoms. The summed E-state index contributed by atoms with van der Waals surface area (Å²) >= 11 is 3.05. The lowest BCUT2D eigenvalue weighted by molar-refractivity contribution is -0.140. The molecule has 7 heteroatoms. The Bertz CT molecular complexity index is 510. The van der Waals surface area contributed by atoms with Gasteiger partial charge in [-0.05, 0) is 34.1 Å². The van der Waals surface area contributed by atoms with Gasteiger partial charge in [0.05, 0.1) is 24.6 Å². The van der Waals surface area contributed by atoms with Crippen LogP contribution in [0.15, 0.2) is 22.7 Å². The van der Waals surface area contributed by atoms with E-state index in [0.717, 1.165) is 0 Å². The third-order valence-corrected chi connectivity index (χ3v) is 3.44. The van der Waals surface area contributed by atoms with Crippen LogP contribution in [-0.4, -0.2) is 50.7 Å². The molecule has 1 rings (SSSR count). The Morgan fingerprint density at radius 3 is 2.57 bits per heavy atom. The van der Waals surface area contributed by atoms with E-state index in [1.54, 1.807) is 0 Å². The van der Waals surface area contributed by atoms with Gasteiger partial charge in [0.15, 0.2) is 0 Å². The quantitative estimate of drug-likeness (QED) is 0.699. The number of ether oxygens (including phenoxy) is 2. The van der Waals surface area contributed by atoms with E-state index in [4.69, 9.17) is 4.74 Å². The Kier molecular flexibility index (Phi) is 7.31. The lowest BCUT2D eigenvalue weighted by Gasteiger charge is -2.22. The average molecular weight is 362 g/mol. The molecule has 0 atom stereocenters. The molecular formula is C14H17BrFNO4. The number of carbonyl (C=O) groups is 2. The highest BCUT2D eigenvalue weighted by Gasteiger charge is 2.18. The normalized spacial score (nSPS) is 10.3. The molecule has 116 valence electrons. The molecule has 1 amide bonds. The van der Waals surface area contributed by atoms with Crippen LogP contribution in [0.25, 0.3) is 0 Å². The summed E-state index contributed by atoms with van der Waals surface area (Å²) in [5, 5.41) is 0. The highest BCUT2D eigenvalue weighted by Crippen LogP contribution is 2.18. The van der Waals surface area contributed by atoms with Crippen LogP contribution in [0.3, 0.4) is 0 Å². The van der Waals surface area contributed by atoms with Crippen LogP contribution in [0.1, 0.15) is 16.8 Å². The van der Waals surface area contributed by atoms with Crippen molar-refractivity contribution >= 4 is 27.8 Å². The molecule has 1 aromatic rings. The van der Waals surface area contributed by atoms with Crippen LogP contribution < -0.4 is 0 Å². The largest absolute Gasteiger partial charge is 0.469 e. The van der Waals surface area contributed by atoms with E-state index < -0.39 is 11.8 Å². The second-order valence-corrected chi connectivity index (χ2v) is 5.09. The molecule has 0 radical (unpaired) electrons. The van der Waals surface area contributed by atoms with Gasteiger partial charge in [-0.1, -0.05) is 0 Å². The molecule has 1 aromatic carbocycles. The fourth-order valence-corrected chi connectivity index (χ4v) is 2.04. The second-order valence-electron chi connectivity index (χ2n) is 4.24. The number of esters is 1. The fourth-order valence-electron chi connectivity index (χ4n) is 1.66. The summed E-state index contributed by atoms with van der Waals surface area (Å²) in [5.41, 5.74) is 0.337. The minimum atomic E-state index is -0.440. The number of nitrogens with zero attached hydrogens (tertiary/aromatic N) is 1. The van der Waals surface area contributed by atoms with Gasteiger partial charge in [-0.2, -0.15) is 0 Å². The first-order valence-electron chi connectivity index (χ1n) is 6.29. The molecule has 5 nitrogen and oxygen atoms in total. The zero-order chi connectivity index (χ0) is 15.8. The van der Waals surface area contributed by atoms with Crippen LogP contribution in [-0.2, 0) is 14.3 Å². The van der Waals surface area contributed by atoms with E-state index >= 15 is 0 Å². The first-order chi connectivity index (χ1) is 9.99. The lowest BCUT2D eigenvalue weighted by atomic mass is 10.2. The van der Waals surface area contributed by atoms with Crippen molar-refractivity contribution in [1.29, 1.82) is 0 Å². The van der Waals surface area contributed by atoms with Crippen molar-refractivity contribution in [2.75, 3.05) is 33.9 Å². The highest BCUT2D eigenvalue weighted by atomic mass is 79.9. The van der Waals surface area contributed by atoms with Crippen LogP contribution in [0.2, 0.25) is 0 Å². The molecule has 0 aromatic heterocycles. The van der Waals surface area contributed by atoms with E-state index in [9.17, 15) is 14.0 Å². The van der Waals surface area contributed by atoms with Gasteiger partial charge in [-0.3, -0.25) is 9.59 Å². The van der Waals surface area contributed by atoms with Crippen LogP contribution in [0.4, 0.5) is 4.39 Å². The molecular weight excluding hydrogens is 345 g/mol. The number of methoxy groups -OCH3 is 2. The molecule has 0 saturated heterocycles. The standard InChI is InChI=1S/C14H17BrFNO4/c1-20-8-7-17(6-5-13(18)21-2)14(19)10-3-4-12(16)11(15)9-10/h3-4,9H,5-8H2,1-2H3. The Labute approximate surface area is 131 Å². The molecule has 0 heterocycles. The molecule has 0 saturated carbocycles. The zero-order valence-corrected chi connectivity index (χ0v) is 13.5. The van der Waals surface area contributed by atoms with Gasteiger partial charge in [-0.25, -0.2) is 4.39 Å². The van der Waals surface area contributed by atoms with E-state index in [0.29, 0.717) is 18.7 Å². The SMILES string of the molecule is COCCN(CCC(=O)OC)C(=O)c1ccc(F)c(Br)c1.